The molecule has 3 rings (SSSR count). The van der Waals surface area contributed by atoms with Crippen LogP contribution in [-0.2, 0) is 5.72 Å². The van der Waals surface area contributed by atoms with Crippen molar-refractivity contribution >= 4 is 11.6 Å². The van der Waals surface area contributed by atoms with Gasteiger partial charge in [-0.3, -0.25) is 4.79 Å². The maximum atomic E-state index is 13.1. The fourth-order valence-corrected chi connectivity index (χ4v) is 2.62. The molecule has 1 amide bonds. The first kappa shape index (κ1) is 17.0. The van der Waals surface area contributed by atoms with Crippen LogP contribution in [0.25, 0.3) is 0 Å². The number of hydrogen-bond donors (Lipinski definition) is 2. The van der Waals surface area contributed by atoms with Crippen LogP contribution in [0.2, 0.25) is 0 Å². The molecule has 1 aliphatic rings. The van der Waals surface area contributed by atoms with Crippen LogP contribution in [0.4, 0.5) is 13.2 Å². The summed E-state index contributed by atoms with van der Waals surface area (Å²) in [5.41, 5.74) is -3.75. The number of rotatable bonds is 2. The molecule has 5 nitrogen and oxygen atoms in total. The van der Waals surface area contributed by atoms with E-state index in [-0.39, 0.29) is 11.1 Å². The van der Waals surface area contributed by atoms with E-state index in [0.717, 1.165) is 0 Å². The Morgan fingerprint density at radius 3 is 2.28 bits per heavy atom. The topological polar surface area (TPSA) is 73.1 Å². The van der Waals surface area contributed by atoms with Crippen molar-refractivity contribution < 1.29 is 28.2 Å². The number of hydrazone groups is 1. The SMILES string of the molecule is O=C(c1ccccc1O)N1N=C(C(F)(F)F)C[C@@]1(O)c1ccccc1. The average Bonchev–Trinajstić information content (AvgIpc) is 2.95. The summed E-state index contributed by atoms with van der Waals surface area (Å²) >= 11 is 0. The molecule has 1 aliphatic heterocycles. The minimum atomic E-state index is -4.80. The van der Waals surface area contributed by atoms with Crippen LogP contribution in [0.1, 0.15) is 22.3 Å². The van der Waals surface area contributed by atoms with Gasteiger partial charge in [0.1, 0.15) is 11.5 Å². The number of amides is 1. The summed E-state index contributed by atoms with van der Waals surface area (Å²) in [6.45, 7) is 0. The Balaban J connectivity index is 2.10. The lowest BCUT2D eigenvalue weighted by Gasteiger charge is -2.31. The van der Waals surface area contributed by atoms with Gasteiger partial charge in [-0.1, -0.05) is 42.5 Å². The largest absolute Gasteiger partial charge is 0.507 e. The van der Waals surface area contributed by atoms with Crippen LogP contribution in [0.3, 0.4) is 0 Å². The highest BCUT2D eigenvalue weighted by Crippen LogP contribution is 2.40. The van der Waals surface area contributed by atoms with Crippen molar-refractivity contribution in [2.24, 2.45) is 5.10 Å². The van der Waals surface area contributed by atoms with E-state index in [4.69, 9.17) is 0 Å². The lowest BCUT2D eigenvalue weighted by Crippen LogP contribution is -2.43. The van der Waals surface area contributed by atoms with Crippen molar-refractivity contribution in [2.45, 2.75) is 18.3 Å². The number of halogens is 3. The number of carbonyl (C=O) groups excluding carboxylic acids is 1. The number of aromatic hydroxyl groups is 1. The summed E-state index contributed by atoms with van der Waals surface area (Å²) in [6, 6.07) is 12.9. The summed E-state index contributed by atoms with van der Waals surface area (Å²) in [5, 5.41) is 24.4. The van der Waals surface area contributed by atoms with Crippen molar-refractivity contribution in [2.75, 3.05) is 0 Å². The summed E-state index contributed by atoms with van der Waals surface area (Å²) in [5.74, 6) is -1.46. The Labute approximate surface area is 140 Å². The first-order valence-electron chi connectivity index (χ1n) is 7.28. The van der Waals surface area contributed by atoms with Crippen molar-refractivity contribution in [1.29, 1.82) is 0 Å². The molecule has 0 saturated carbocycles. The first-order valence-corrected chi connectivity index (χ1v) is 7.28. The summed E-state index contributed by atoms with van der Waals surface area (Å²) in [7, 11) is 0. The molecule has 8 heteroatoms. The zero-order valence-electron chi connectivity index (χ0n) is 12.7. The molecular weight excluding hydrogens is 337 g/mol. The third-order valence-electron chi connectivity index (χ3n) is 3.88. The van der Waals surface area contributed by atoms with E-state index < -0.39 is 35.7 Å². The Morgan fingerprint density at radius 1 is 1.08 bits per heavy atom. The number of carbonyl (C=O) groups is 1. The third kappa shape index (κ3) is 2.96. The number of alkyl halides is 3. The quantitative estimate of drug-likeness (QED) is 0.874. The molecule has 1 heterocycles. The predicted octanol–water partition coefficient (Wildman–Crippen LogP) is 3.00. The maximum absolute atomic E-state index is 13.1. The van der Waals surface area contributed by atoms with Gasteiger partial charge in [-0.05, 0) is 12.1 Å². The molecule has 0 aromatic heterocycles. The van der Waals surface area contributed by atoms with Crippen LogP contribution in [0, 0.1) is 0 Å². The number of nitrogens with zero attached hydrogens (tertiary/aromatic N) is 2. The fourth-order valence-electron chi connectivity index (χ4n) is 2.62. The third-order valence-corrected chi connectivity index (χ3v) is 3.88. The normalized spacial score (nSPS) is 20.5. The van der Waals surface area contributed by atoms with E-state index in [9.17, 15) is 28.2 Å². The Kier molecular flexibility index (Phi) is 4.00. The van der Waals surface area contributed by atoms with Gasteiger partial charge in [-0.15, -0.1) is 0 Å². The van der Waals surface area contributed by atoms with Crippen molar-refractivity contribution in [3.8, 4) is 5.75 Å². The Bertz CT molecular complexity index is 837. The van der Waals surface area contributed by atoms with Gasteiger partial charge in [0.2, 0.25) is 0 Å². The number of phenols is 1. The molecule has 2 aromatic rings. The van der Waals surface area contributed by atoms with Gasteiger partial charge in [-0.25, -0.2) is 0 Å². The lowest BCUT2D eigenvalue weighted by molar-refractivity contribution is -0.0816. The van der Waals surface area contributed by atoms with Crippen molar-refractivity contribution in [3.63, 3.8) is 0 Å². The van der Waals surface area contributed by atoms with Gasteiger partial charge < -0.3 is 10.2 Å². The molecule has 0 spiro atoms. The van der Waals surface area contributed by atoms with Gasteiger partial charge in [0.15, 0.2) is 5.72 Å². The second-order valence-corrected chi connectivity index (χ2v) is 5.54. The lowest BCUT2D eigenvalue weighted by atomic mass is 9.96. The number of benzene rings is 2. The standard InChI is InChI=1S/C17H13F3N2O3/c18-17(19,20)14-10-16(25,11-6-2-1-3-7-11)22(21-14)15(24)12-8-4-5-9-13(12)23/h1-9,23,25H,10H2/t16-/m1/s1. The van der Waals surface area contributed by atoms with E-state index in [1.54, 1.807) is 6.07 Å². The zero-order chi connectivity index (χ0) is 18.2. The second-order valence-electron chi connectivity index (χ2n) is 5.54. The van der Waals surface area contributed by atoms with Gasteiger partial charge in [0, 0.05) is 5.56 Å². The van der Waals surface area contributed by atoms with E-state index in [1.807, 2.05) is 0 Å². The minimum absolute atomic E-state index is 0.0850. The van der Waals surface area contributed by atoms with E-state index in [2.05, 4.69) is 5.10 Å². The molecule has 2 N–H and O–H groups in total. The molecule has 25 heavy (non-hydrogen) atoms. The van der Waals surface area contributed by atoms with E-state index >= 15 is 0 Å². The molecule has 0 saturated heterocycles. The van der Waals surface area contributed by atoms with Crippen LogP contribution in [-0.4, -0.2) is 33.0 Å². The molecule has 2 aromatic carbocycles. The van der Waals surface area contributed by atoms with Gasteiger partial charge in [-0.2, -0.15) is 23.3 Å². The average molecular weight is 350 g/mol. The van der Waals surface area contributed by atoms with Crippen LogP contribution in [0.5, 0.6) is 5.75 Å². The number of hydrogen-bond acceptors (Lipinski definition) is 4. The summed E-state index contributed by atoms with van der Waals surface area (Å²) < 4.78 is 39.3. The molecule has 0 fully saturated rings. The minimum Gasteiger partial charge on any atom is -0.507 e. The number of phenolic OH excluding ortho intramolecular Hbond substituents is 1. The number of aliphatic hydroxyl groups is 1. The van der Waals surface area contributed by atoms with Crippen LogP contribution in [0.15, 0.2) is 59.7 Å². The zero-order valence-corrected chi connectivity index (χ0v) is 12.7. The highest BCUT2D eigenvalue weighted by molar-refractivity contribution is 6.01. The highest BCUT2D eigenvalue weighted by Gasteiger charge is 2.53. The molecule has 1 atom stereocenters. The van der Waals surface area contributed by atoms with Gasteiger partial charge in [0.05, 0.1) is 12.0 Å². The van der Waals surface area contributed by atoms with E-state index in [1.165, 1.54) is 48.5 Å². The molecule has 0 aliphatic carbocycles. The smallest absolute Gasteiger partial charge is 0.431 e. The van der Waals surface area contributed by atoms with Crippen LogP contribution < -0.4 is 0 Å². The Morgan fingerprint density at radius 2 is 1.68 bits per heavy atom. The molecule has 0 unspecified atom stereocenters. The maximum Gasteiger partial charge on any atom is 0.431 e. The molecule has 0 bridgehead atoms. The first-order chi connectivity index (χ1) is 11.7. The summed E-state index contributed by atoms with van der Waals surface area (Å²) in [6.07, 6.45) is -5.70. The van der Waals surface area contributed by atoms with Gasteiger partial charge >= 0.3 is 6.18 Å². The predicted molar refractivity (Wildman–Crippen MR) is 82.7 cm³/mol. The van der Waals surface area contributed by atoms with Crippen LogP contribution >= 0.6 is 0 Å². The molecule has 0 radical (unpaired) electrons. The monoisotopic (exact) mass is 350 g/mol. The van der Waals surface area contributed by atoms with Crippen molar-refractivity contribution in [3.05, 3.63) is 65.7 Å². The molecular formula is C17H13F3N2O3. The van der Waals surface area contributed by atoms with Crippen molar-refractivity contribution in [1.82, 2.24) is 5.01 Å². The number of para-hydroxylation sites is 1. The summed E-state index contributed by atoms with van der Waals surface area (Å²) in [4.78, 5) is 12.7. The van der Waals surface area contributed by atoms with Gasteiger partial charge in [0.25, 0.3) is 5.91 Å². The van der Waals surface area contributed by atoms with E-state index in [0.29, 0.717) is 5.01 Å². The Hall–Kier alpha value is -2.87. The second kappa shape index (κ2) is 5.89. The highest BCUT2D eigenvalue weighted by atomic mass is 19.4. The fraction of sp³-hybridized carbons (Fsp3) is 0.176. The molecule has 130 valence electrons.